The van der Waals surface area contributed by atoms with Crippen molar-refractivity contribution in [3.05, 3.63) is 59.7 Å². The van der Waals surface area contributed by atoms with Gasteiger partial charge in [0.25, 0.3) is 0 Å². The highest BCUT2D eigenvalue weighted by molar-refractivity contribution is 5.89. The summed E-state index contributed by atoms with van der Waals surface area (Å²) in [6.45, 7) is 5.16. The van der Waals surface area contributed by atoms with Crippen LogP contribution in [0.15, 0.2) is 48.5 Å². The number of hydrogen-bond acceptors (Lipinski definition) is 3. The molecule has 134 valence electrons. The monoisotopic (exact) mass is 341 g/mol. The van der Waals surface area contributed by atoms with Crippen LogP contribution in [-0.2, 0) is 0 Å². The lowest BCUT2D eigenvalue weighted by molar-refractivity contribution is 0.243. The van der Waals surface area contributed by atoms with Gasteiger partial charge in [0.05, 0.1) is 12.6 Å². The number of benzene rings is 2. The van der Waals surface area contributed by atoms with E-state index in [-0.39, 0.29) is 12.1 Å². The highest BCUT2D eigenvalue weighted by Gasteiger charge is 2.15. The average Bonchev–Trinajstić information content (AvgIpc) is 2.58. The fourth-order valence-corrected chi connectivity index (χ4v) is 2.55. The van der Waals surface area contributed by atoms with Crippen molar-refractivity contribution in [3.8, 4) is 5.75 Å². The molecule has 2 aromatic rings. The molecule has 0 fully saturated rings. The average molecular weight is 341 g/mol. The Morgan fingerprint density at radius 2 is 1.72 bits per heavy atom. The summed E-state index contributed by atoms with van der Waals surface area (Å²) in [5, 5.41) is 5.78. The van der Waals surface area contributed by atoms with E-state index in [0.29, 0.717) is 13.2 Å². The number of ether oxygens (including phenoxy) is 1. The van der Waals surface area contributed by atoms with Gasteiger partial charge in [0.1, 0.15) is 5.75 Å². The molecule has 0 aliphatic carbocycles. The summed E-state index contributed by atoms with van der Waals surface area (Å²) in [7, 11) is 4.02. The maximum absolute atomic E-state index is 12.2. The van der Waals surface area contributed by atoms with Crippen LogP contribution in [0.3, 0.4) is 0 Å². The molecule has 0 bridgehead atoms. The number of aryl methyl sites for hydroxylation is 1. The third-order valence-electron chi connectivity index (χ3n) is 3.96. The number of nitrogens with zero attached hydrogens (tertiary/aromatic N) is 1. The van der Waals surface area contributed by atoms with E-state index in [2.05, 4.69) is 46.7 Å². The summed E-state index contributed by atoms with van der Waals surface area (Å²) in [5.74, 6) is 0.792. The van der Waals surface area contributed by atoms with E-state index in [1.165, 1.54) is 11.1 Å². The molecule has 0 aromatic heterocycles. The molecule has 2 aromatic carbocycles. The zero-order chi connectivity index (χ0) is 18.2. The predicted octanol–water partition coefficient (Wildman–Crippen LogP) is 3.82. The first-order valence-electron chi connectivity index (χ1n) is 8.50. The van der Waals surface area contributed by atoms with E-state index < -0.39 is 0 Å². The van der Waals surface area contributed by atoms with Crippen LogP contribution in [0.2, 0.25) is 0 Å². The van der Waals surface area contributed by atoms with E-state index in [1.807, 2.05) is 45.3 Å². The Morgan fingerprint density at radius 1 is 1.08 bits per heavy atom. The molecule has 0 spiro atoms. The number of anilines is 1. The second kappa shape index (κ2) is 9.08. The van der Waals surface area contributed by atoms with Gasteiger partial charge in [0.15, 0.2) is 0 Å². The highest BCUT2D eigenvalue weighted by atomic mass is 16.5. The molecular formula is C20H27N3O2. The smallest absolute Gasteiger partial charge is 0.319 e. The van der Waals surface area contributed by atoms with Gasteiger partial charge in [-0.25, -0.2) is 4.79 Å². The van der Waals surface area contributed by atoms with Crippen molar-refractivity contribution in [2.75, 3.05) is 32.6 Å². The summed E-state index contributed by atoms with van der Waals surface area (Å²) in [6.07, 6.45) is 0. The van der Waals surface area contributed by atoms with E-state index >= 15 is 0 Å². The van der Waals surface area contributed by atoms with Crippen molar-refractivity contribution in [1.82, 2.24) is 10.2 Å². The molecule has 1 atom stereocenters. The number of amides is 2. The number of carbonyl (C=O) groups excluding carboxylic acids is 1. The maximum atomic E-state index is 12.2. The molecule has 5 heteroatoms. The lowest BCUT2D eigenvalue weighted by Gasteiger charge is -2.25. The van der Waals surface area contributed by atoms with Gasteiger partial charge in [-0.05, 0) is 57.8 Å². The number of urea groups is 1. The Labute approximate surface area is 150 Å². The molecule has 0 radical (unpaired) electrons. The molecule has 2 rings (SSSR count). The van der Waals surface area contributed by atoms with Gasteiger partial charge in [-0.15, -0.1) is 0 Å². The number of hydrogen-bond donors (Lipinski definition) is 2. The number of nitrogens with one attached hydrogen (secondary N) is 2. The van der Waals surface area contributed by atoms with E-state index in [9.17, 15) is 4.79 Å². The topological polar surface area (TPSA) is 53.6 Å². The van der Waals surface area contributed by atoms with Crippen molar-refractivity contribution >= 4 is 11.7 Å². The van der Waals surface area contributed by atoms with E-state index in [4.69, 9.17) is 4.74 Å². The third kappa shape index (κ3) is 5.80. The molecule has 2 N–H and O–H groups in total. The fraction of sp³-hybridized carbons (Fsp3) is 0.350. The normalized spacial score (nSPS) is 11.9. The van der Waals surface area contributed by atoms with Gasteiger partial charge in [-0.3, -0.25) is 0 Å². The van der Waals surface area contributed by atoms with Crippen molar-refractivity contribution in [2.45, 2.75) is 19.9 Å². The SMILES string of the molecule is CCOc1ccc(NC(=O)NCC(c2ccc(C)cc2)N(C)C)cc1. The van der Waals surface area contributed by atoms with Gasteiger partial charge < -0.3 is 20.3 Å². The highest BCUT2D eigenvalue weighted by Crippen LogP contribution is 2.18. The molecule has 0 aliphatic heterocycles. The number of carbonyl (C=O) groups is 1. The van der Waals surface area contributed by atoms with Crippen LogP contribution >= 0.6 is 0 Å². The van der Waals surface area contributed by atoms with Crippen LogP contribution in [0.4, 0.5) is 10.5 Å². The first kappa shape index (κ1) is 18.8. The molecule has 2 amide bonds. The maximum Gasteiger partial charge on any atom is 0.319 e. The largest absolute Gasteiger partial charge is 0.494 e. The molecular weight excluding hydrogens is 314 g/mol. The summed E-state index contributed by atoms with van der Waals surface area (Å²) in [4.78, 5) is 14.3. The quantitative estimate of drug-likeness (QED) is 0.805. The number of rotatable bonds is 7. The lowest BCUT2D eigenvalue weighted by atomic mass is 10.0. The molecule has 0 saturated carbocycles. The minimum absolute atomic E-state index is 0.117. The molecule has 1 unspecified atom stereocenters. The summed E-state index contributed by atoms with van der Waals surface area (Å²) in [6, 6.07) is 15.6. The van der Waals surface area contributed by atoms with Crippen molar-refractivity contribution in [2.24, 2.45) is 0 Å². The van der Waals surface area contributed by atoms with Crippen LogP contribution in [0.25, 0.3) is 0 Å². The van der Waals surface area contributed by atoms with Crippen LogP contribution in [-0.4, -0.2) is 38.2 Å². The first-order valence-corrected chi connectivity index (χ1v) is 8.50. The number of likely N-dealkylation sites (N-methyl/N-ethyl adjacent to an activating group) is 1. The van der Waals surface area contributed by atoms with E-state index in [1.54, 1.807) is 0 Å². The minimum atomic E-state index is -0.219. The molecule has 0 aliphatic rings. The Bertz CT molecular complexity index is 666. The standard InChI is InChI=1S/C20H27N3O2/c1-5-25-18-12-10-17(11-13-18)22-20(24)21-14-19(23(3)4)16-8-6-15(2)7-9-16/h6-13,19H,5,14H2,1-4H3,(H2,21,22,24). The van der Waals surface area contributed by atoms with Crippen LogP contribution in [0.5, 0.6) is 5.75 Å². The van der Waals surface area contributed by atoms with Crippen molar-refractivity contribution in [1.29, 1.82) is 0 Å². The van der Waals surface area contributed by atoms with Gasteiger partial charge in [0.2, 0.25) is 0 Å². The van der Waals surface area contributed by atoms with E-state index in [0.717, 1.165) is 11.4 Å². The molecule has 0 heterocycles. The van der Waals surface area contributed by atoms with Gasteiger partial charge in [-0.1, -0.05) is 29.8 Å². The molecule has 25 heavy (non-hydrogen) atoms. The van der Waals surface area contributed by atoms with Crippen LogP contribution < -0.4 is 15.4 Å². The second-order valence-electron chi connectivity index (χ2n) is 6.18. The first-order chi connectivity index (χ1) is 12.0. The third-order valence-corrected chi connectivity index (χ3v) is 3.96. The van der Waals surface area contributed by atoms with Crippen molar-refractivity contribution < 1.29 is 9.53 Å². The Balaban J connectivity index is 1.91. The van der Waals surface area contributed by atoms with Gasteiger partial charge >= 0.3 is 6.03 Å². The fourth-order valence-electron chi connectivity index (χ4n) is 2.55. The predicted molar refractivity (Wildman–Crippen MR) is 102 cm³/mol. The lowest BCUT2D eigenvalue weighted by Crippen LogP contribution is -2.36. The zero-order valence-corrected chi connectivity index (χ0v) is 15.4. The Kier molecular flexibility index (Phi) is 6.83. The second-order valence-corrected chi connectivity index (χ2v) is 6.18. The molecule has 0 saturated heterocycles. The van der Waals surface area contributed by atoms with Crippen molar-refractivity contribution in [3.63, 3.8) is 0 Å². The Morgan fingerprint density at radius 3 is 2.28 bits per heavy atom. The van der Waals surface area contributed by atoms with Gasteiger partial charge in [0, 0.05) is 12.2 Å². The van der Waals surface area contributed by atoms with Crippen LogP contribution in [0, 0.1) is 6.92 Å². The summed E-state index contributed by atoms with van der Waals surface area (Å²) < 4.78 is 5.39. The van der Waals surface area contributed by atoms with Crippen LogP contribution in [0.1, 0.15) is 24.1 Å². The molecule has 5 nitrogen and oxygen atoms in total. The Hall–Kier alpha value is -2.53. The minimum Gasteiger partial charge on any atom is -0.494 e. The van der Waals surface area contributed by atoms with Gasteiger partial charge in [-0.2, -0.15) is 0 Å². The summed E-state index contributed by atoms with van der Waals surface area (Å²) in [5.41, 5.74) is 3.14. The zero-order valence-electron chi connectivity index (χ0n) is 15.4. The summed E-state index contributed by atoms with van der Waals surface area (Å²) >= 11 is 0.